The highest BCUT2D eigenvalue weighted by molar-refractivity contribution is 5.90. The first-order valence-corrected chi connectivity index (χ1v) is 7.30. The minimum absolute atomic E-state index is 0.0679. The molecule has 1 heterocycles. The molecule has 0 spiro atoms. The molecule has 0 bridgehead atoms. The maximum Gasteiger partial charge on any atom is 0.311 e. The summed E-state index contributed by atoms with van der Waals surface area (Å²) in [5.74, 6) is -1.64. The molecule has 1 aliphatic heterocycles. The van der Waals surface area contributed by atoms with Gasteiger partial charge in [-0.3, -0.25) is 9.59 Å². The van der Waals surface area contributed by atoms with Gasteiger partial charge in [0.05, 0.1) is 24.7 Å². The summed E-state index contributed by atoms with van der Waals surface area (Å²) in [4.78, 5) is 23.9. The highest BCUT2D eigenvalue weighted by Crippen LogP contribution is 2.44. The van der Waals surface area contributed by atoms with Crippen LogP contribution in [0.3, 0.4) is 0 Å². The Kier molecular flexibility index (Phi) is 3.68. The van der Waals surface area contributed by atoms with E-state index in [0.29, 0.717) is 0 Å². The Morgan fingerprint density at radius 1 is 1.19 bits per heavy atom. The lowest BCUT2D eigenvalue weighted by Crippen LogP contribution is -2.54. The fraction of sp³-hybridized carbons (Fsp3) is 0.500. The molecule has 0 radical (unpaired) electrons. The Morgan fingerprint density at radius 2 is 1.90 bits per heavy atom. The van der Waals surface area contributed by atoms with Crippen molar-refractivity contribution >= 4 is 11.9 Å². The first-order valence-electron chi connectivity index (χ1n) is 7.30. The summed E-state index contributed by atoms with van der Waals surface area (Å²) in [5, 5.41) is 12.1. The van der Waals surface area contributed by atoms with Crippen LogP contribution in [-0.2, 0) is 19.7 Å². The number of nitrogens with one attached hydrogen (secondary N) is 1. The van der Waals surface area contributed by atoms with Gasteiger partial charge in [0.15, 0.2) is 0 Å². The van der Waals surface area contributed by atoms with Gasteiger partial charge in [0.1, 0.15) is 5.92 Å². The fourth-order valence-corrected chi connectivity index (χ4v) is 3.18. The van der Waals surface area contributed by atoms with Gasteiger partial charge in [-0.05, 0) is 18.4 Å². The smallest absolute Gasteiger partial charge is 0.311 e. The van der Waals surface area contributed by atoms with E-state index in [9.17, 15) is 9.59 Å². The van der Waals surface area contributed by atoms with E-state index in [4.69, 9.17) is 9.84 Å². The second kappa shape index (κ2) is 5.48. The first kappa shape index (κ1) is 14.1. The molecule has 5 heteroatoms. The van der Waals surface area contributed by atoms with E-state index < -0.39 is 23.3 Å². The predicted octanol–water partition coefficient (Wildman–Crippen LogP) is 1.32. The van der Waals surface area contributed by atoms with Crippen molar-refractivity contribution in [2.45, 2.75) is 30.7 Å². The van der Waals surface area contributed by atoms with Crippen LogP contribution < -0.4 is 5.32 Å². The molecular formula is C16H19NO4. The molecule has 2 unspecified atom stereocenters. The molecule has 1 aromatic carbocycles. The van der Waals surface area contributed by atoms with Gasteiger partial charge in [-0.1, -0.05) is 36.8 Å². The van der Waals surface area contributed by atoms with Gasteiger partial charge in [-0.2, -0.15) is 0 Å². The Bertz CT molecular complexity index is 538. The van der Waals surface area contributed by atoms with Crippen molar-refractivity contribution in [2.75, 3.05) is 13.2 Å². The van der Waals surface area contributed by atoms with Gasteiger partial charge in [-0.25, -0.2) is 0 Å². The quantitative estimate of drug-likeness (QED) is 0.876. The van der Waals surface area contributed by atoms with Gasteiger partial charge < -0.3 is 15.2 Å². The molecule has 3 rings (SSSR count). The van der Waals surface area contributed by atoms with Crippen LogP contribution >= 0.6 is 0 Å². The van der Waals surface area contributed by atoms with Crippen molar-refractivity contribution in [3.8, 4) is 0 Å². The summed E-state index contributed by atoms with van der Waals surface area (Å²) in [7, 11) is 0. The van der Waals surface area contributed by atoms with Crippen LogP contribution in [0.15, 0.2) is 30.3 Å². The van der Waals surface area contributed by atoms with E-state index in [1.165, 1.54) is 0 Å². The molecule has 0 aromatic heterocycles. The van der Waals surface area contributed by atoms with Crippen LogP contribution in [0.4, 0.5) is 0 Å². The number of rotatable bonds is 4. The molecule has 2 N–H and O–H groups in total. The predicted molar refractivity (Wildman–Crippen MR) is 75.8 cm³/mol. The minimum atomic E-state index is -0.917. The van der Waals surface area contributed by atoms with E-state index in [1.807, 2.05) is 30.3 Å². The highest BCUT2D eigenvalue weighted by Gasteiger charge is 2.47. The lowest BCUT2D eigenvalue weighted by molar-refractivity contribution is -0.142. The Morgan fingerprint density at radius 3 is 2.48 bits per heavy atom. The molecule has 1 aromatic rings. The molecule has 21 heavy (non-hydrogen) atoms. The Hall–Kier alpha value is -1.88. The average Bonchev–Trinajstić information content (AvgIpc) is 2.87. The summed E-state index contributed by atoms with van der Waals surface area (Å²) in [6, 6.07) is 9.30. The number of carboxylic acid groups (broad SMARTS) is 1. The van der Waals surface area contributed by atoms with Crippen LogP contribution in [0.5, 0.6) is 0 Å². The Balaban J connectivity index is 1.76. The van der Waals surface area contributed by atoms with Crippen molar-refractivity contribution < 1.29 is 19.4 Å². The third-order valence-corrected chi connectivity index (χ3v) is 4.68. The summed E-state index contributed by atoms with van der Waals surface area (Å²) in [6.07, 6.45) is 2.65. The molecule has 2 atom stereocenters. The monoisotopic (exact) mass is 289 g/mol. The van der Waals surface area contributed by atoms with Crippen molar-refractivity contribution in [1.29, 1.82) is 0 Å². The number of hydrogen-bond donors (Lipinski definition) is 2. The normalized spacial score (nSPS) is 26.9. The number of carboxylic acids is 1. The summed E-state index contributed by atoms with van der Waals surface area (Å²) >= 11 is 0. The number of carbonyl (C=O) groups is 2. The average molecular weight is 289 g/mol. The SMILES string of the molecule is O=C(O)C1COCC1NC(=O)C1(c2ccccc2)CCC1. The van der Waals surface area contributed by atoms with E-state index in [-0.39, 0.29) is 19.1 Å². The van der Waals surface area contributed by atoms with Crippen LogP contribution in [0.25, 0.3) is 0 Å². The lowest BCUT2D eigenvalue weighted by atomic mass is 9.63. The molecule has 5 nitrogen and oxygen atoms in total. The minimum Gasteiger partial charge on any atom is -0.481 e. The molecule has 2 aliphatic rings. The standard InChI is InChI=1S/C16H19NO4/c18-14(19)12-9-21-10-13(12)17-15(20)16(7-4-8-16)11-5-2-1-3-6-11/h1-3,5-6,12-13H,4,7-10H2,(H,17,20)(H,18,19). The van der Waals surface area contributed by atoms with Crippen molar-refractivity contribution in [3.05, 3.63) is 35.9 Å². The van der Waals surface area contributed by atoms with Crippen molar-refractivity contribution in [1.82, 2.24) is 5.32 Å². The van der Waals surface area contributed by atoms with Gasteiger partial charge in [-0.15, -0.1) is 0 Å². The Labute approximate surface area is 123 Å². The molecule has 112 valence electrons. The van der Waals surface area contributed by atoms with Crippen molar-refractivity contribution in [2.24, 2.45) is 5.92 Å². The number of aliphatic carboxylic acids is 1. The maximum absolute atomic E-state index is 12.7. The topological polar surface area (TPSA) is 75.6 Å². The second-order valence-electron chi connectivity index (χ2n) is 5.86. The lowest BCUT2D eigenvalue weighted by Gasteiger charge is -2.41. The molecule has 1 amide bonds. The van der Waals surface area contributed by atoms with Gasteiger partial charge in [0, 0.05) is 0 Å². The second-order valence-corrected chi connectivity index (χ2v) is 5.86. The third kappa shape index (κ3) is 2.42. The van der Waals surface area contributed by atoms with E-state index in [1.54, 1.807) is 0 Å². The number of ether oxygens (including phenoxy) is 1. The zero-order chi connectivity index (χ0) is 14.9. The molecule has 1 saturated carbocycles. The third-order valence-electron chi connectivity index (χ3n) is 4.68. The van der Waals surface area contributed by atoms with E-state index in [2.05, 4.69) is 5.32 Å². The van der Waals surface area contributed by atoms with E-state index in [0.717, 1.165) is 24.8 Å². The van der Waals surface area contributed by atoms with E-state index >= 15 is 0 Å². The van der Waals surface area contributed by atoms with Gasteiger partial charge >= 0.3 is 5.97 Å². The number of amides is 1. The van der Waals surface area contributed by atoms with Gasteiger partial charge in [0.25, 0.3) is 0 Å². The summed E-state index contributed by atoms with van der Waals surface area (Å²) in [5.41, 5.74) is 0.520. The molecule has 2 fully saturated rings. The van der Waals surface area contributed by atoms with Crippen LogP contribution in [0.1, 0.15) is 24.8 Å². The van der Waals surface area contributed by atoms with Crippen LogP contribution in [0.2, 0.25) is 0 Å². The molecule has 1 saturated heterocycles. The zero-order valence-corrected chi connectivity index (χ0v) is 11.7. The number of carbonyl (C=O) groups excluding carboxylic acids is 1. The van der Waals surface area contributed by atoms with Crippen molar-refractivity contribution in [3.63, 3.8) is 0 Å². The highest BCUT2D eigenvalue weighted by atomic mass is 16.5. The zero-order valence-electron chi connectivity index (χ0n) is 11.7. The van der Waals surface area contributed by atoms with Gasteiger partial charge in [0.2, 0.25) is 5.91 Å². The maximum atomic E-state index is 12.7. The molecule has 1 aliphatic carbocycles. The fourth-order valence-electron chi connectivity index (χ4n) is 3.18. The first-order chi connectivity index (χ1) is 10.1. The molecular weight excluding hydrogens is 270 g/mol. The van der Waals surface area contributed by atoms with Crippen LogP contribution in [-0.4, -0.2) is 36.2 Å². The van der Waals surface area contributed by atoms with Crippen LogP contribution in [0, 0.1) is 5.92 Å². The number of hydrogen-bond acceptors (Lipinski definition) is 3. The summed E-state index contributed by atoms with van der Waals surface area (Å²) in [6.45, 7) is 0.437. The number of benzene rings is 1. The summed E-state index contributed by atoms with van der Waals surface area (Å²) < 4.78 is 5.21. The largest absolute Gasteiger partial charge is 0.481 e.